The van der Waals surface area contributed by atoms with E-state index in [1.165, 1.54) is 6.42 Å². The average Bonchev–Trinajstić information content (AvgIpc) is 2.39. The van der Waals surface area contributed by atoms with E-state index in [-0.39, 0.29) is 12.5 Å². The van der Waals surface area contributed by atoms with Gasteiger partial charge in [-0.3, -0.25) is 4.79 Å². The maximum Gasteiger partial charge on any atom is 0.260 e. The van der Waals surface area contributed by atoms with E-state index in [9.17, 15) is 4.79 Å². The van der Waals surface area contributed by atoms with Gasteiger partial charge in [0, 0.05) is 13.1 Å². The largest absolute Gasteiger partial charge is 0.483 e. The molecule has 1 aromatic carbocycles. The third-order valence-electron chi connectivity index (χ3n) is 3.46. The maximum atomic E-state index is 12.0. The van der Waals surface area contributed by atoms with Gasteiger partial charge in [0.25, 0.3) is 5.91 Å². The molecule has 18 heavy (non-hydrogen) atoms. The number of carbonyl (C=O) groups is 1. The highest BCUT2D eigenvalue weighted by Crippen LogP contribution is 2.22. The van der Waals surface area contributed by atoms with E-state index < -0.39 is 0 Å². The van der Waals surface area contributed by atoms with Crippen LogP contribution in [0.4, 0.5) is 0 Å². The topological polar surface area (TPSA) is 29.5 Å². The number of benzene rings is 1. The Bertz CT molecular complexity index is 402. The Morgan fingerprint density at radius 1 is 1.17 bits per heavy atom. The van der Waals surface area contributed by atoms with E-state index in [0.717, 1.165) is 42.8 Å². The van der Waals surface area contributed by atoms with Gasteiger partial charge in [0.05, 0.1) is 0 Å². The van der Waals surface area contributed by atoms with Gasteiger partial charge in [-0.2, -0.15) is 0 Å². The van der Waals surface area contributed by atoms with Crippen molar-refractivity contribution in [2.24, 2.45) is 0 Å². The molecule has 0 aliphatic carbocycles. The van der Waals surface area contributed by atoms with Crippen LogP contribution in [0, 0.1) is 13.8 Å². The fraction of sp³-hybridized carbons (Fsp3) is 0.533. The molecule has 1 aliphatic rings. The summed E-state index contributed by atoms with van der Waals surface area (Å²) in [5.74, 6) is 0.959. The number of para-hydroxylation sites is 1. The van der Waals surface area contributed by atoms with E-state index in [1.54, 1.807) is 0 Å². The molecule has 3 heteroatoms. The highest BCUT2D eigenvalue weighted by Gasteiger charge is 2.17. The van der Waals surface area contributed by atoms with Crippen molar-refractivity contribution < 1.29 is 9.53 Å². The number of amides is 1. The van der Waals surface area contributed by atoms with Gasteiger partial charge >= 0.3 is 0 Å². The van der Waals surface area contributed by atoms with Gasteiger partial charge in [0.15, 0.2) is 6.61 Å². The van der Waals surface area contributed by atoms with E-state index in [4.69, 9.17) is 4.74 Å². The molecule has 1 fully saturated rings. The van der Waals surface area contributed by atoms with Crippen molar-refractivity contribution in [3.05, 3.63) is 29.3 Å². The molecule has 1 aromatic rings. The molecule has 3 nitrogen and oxygen atoms in total. The maximum absolute atomic E-state index is 12.0. The predicted molar refractivity (Wildman–Crippen MR) is 71.8 cm³/mol. The first-order valence-electron chi connectivity index (χ1n) is 6.65. The van der Waals surface area contributed by atoms with Crippen LogP contribution in [0.15, 0.2) is 18.2 Å². The van der Waals surface area contributed by atoms with Gasteiger partial charge < -0.3 is 9.64 Å². The minimum absolute atomic E-state index is 0.109. The number of hydrogen-bond donors (Lipinski definition) is 0. The van der Waals surface area contributed by atoms with Crippen LogP contribution in [0.2, 0.25) is 0 Å². The summed E-state index contributed by atoms with van der Waals surface area (Å²) in [6.07, 6.45) is 3.48. The molecule has 0 spiro atoms. The highest BCUT2D eigenvalue weighted by molar-refractivity contribution is 5.77. The first kappa shape index (κ1) is 12.9. The van der Waals surface area contributed by atoms with E-state index in [0.29, 0.717) is 0 Å². The summed E-state index contributed by atoms with van der Waals surface area (Å²) in [6, 6.07) is 6.02. The van der Waals surface area contributed by atoms with Crippen LogP contribution in [0.5, 0.6) is 5.75 Å². The smallest absolute Gasteiger partial charge is 0.260 e. The molecule has 2 rings (SSSR count). The van der Waals surface area contributed by atoms with E-state index >= 15 is 0 Å². The van der Waals surface area contributed by atoms with Crippen molar-refractivity contribution in [3.63, 3.8) is 0 Å². The molecular weight excluding hydrogens is 226 g/mol. The molecule has 0 aromatic heterocycles. The SMILES string of the molecule is Cc1cccc(C)c1OCC(=O)N1CCCCC1. The van der Waals surface area contributed by atoms with Gasteiger partial charge in [-0.1, -0.05) is 18.2 Å². The van der Waals surface area contributed by atoms with Crippen molar-refractivity contribution in [1.82, 2.24) is 4.90 Å². The monoisotopic (exact) mass is 247 g/mol. The molecule has 1 heterocycles. The van der Waals surface area contributed by atoms with Crippen molar-refractivity contribution in [2.75, 3.05) is 19.7 Å². The van der Waals surface area contributed by atoms with Crippen LogP contribution in [-0.4, -0.2) is 30.5 Å². The number of hydrogen-bond acceptors (Lipinski definition) is 2. The summed E-state index contributed by atoms with van der Waals surface area (Å²) in [7, 11) is 0. The lowest BCUT2D eigenvalue weighted by atomic mass is 10.1. The molecule has 0 saturated carbocycles. The molecular formula is C15H21NO2. The summed E-state index contributed by atoms with van der Waals surface area (Å²) in [5, 5.41) is 0. The number of carbonyl (C=O) groups excluding carboxylic acids is 1. The number of nitrogens with zero attached hydrogens (tertiary/aromatic N) is 1. The number of piperidine rings is 1. The molecule has 0 radical (unpaired) electrons. The Morgan fingerprint density at radius 2 is 1.78 bits per heavy atom. The summed E-state index contributed by atoms with van der Waals surface area (Å²) in [6.45, 7) is 5.94. The highest BCUT2D eigenvalue weighted by atomic mass is 16.5. The minimum Gasteiger partial charge on any atom is -0.483 e. The van der Waals surface area contributed by atoms with Crippen LogP contribution in [0.25, 0.3) is 0 Å². The number of aryl methyl sites for hydroxylation is 2. The second-order valence-electron chi connectivity index (χ2n) is 4.95. The fourth-order valence-corrected chi connectivity index (χ4v) is 2.40. The number of likely N-dealkylation sites (tertiary alicyclic amines) is 1. The number of ether oxygens (including phenoxy) is 1. The standard InChI is InChI=1S/C15H21NO2/c1-12-7-6-8-13(2)15(12)18-11-14(17)16-9-4-3-5-10-16/h6-8H,3-5,9-11H2,1-2H3. The van der Waals surface area contributed by atoms with Gasteiger partial charge in [-0.05, 0) is 44.2 Å². The lowest BCUT2D eigenvalue weighted by Crippen LogP contribution is -2.38. The summed E-state index contributed by atoms with van der Waals surface area (Å²) >= 11 is 0. The van der Waals surface area contributed by atoms with Crippen LogP contribution in [-0.2, 0) is 4.79 Å². The summed E-state index contributed by atoms with van der Waals surface area (Å²) < 4.78 is 5.69. The minimum atomic E-state index is 0.109. The van der Waals surface area contributed by atoms with Crippen molar-refractivity contribution in [3.8, 4) is 5.75 Å². The Kier molecular flexibility index (Phi) is 4.24. The van der Waals surface area contributed by atoms with Crippen LogP contribution in [0.1, 0.15) is 30.4 Å². The molecule has 0 atom stereocenters. The quantitative estimate of drug-likeness (QED) is 0.822. The van der Waals surface area contributed by atoms with Crippen LogP contribution in [0.3, 0.4) is 0 Å². The van der Waals surface area contributed by atoms with Gasteiger partial charge in [0.1, 0.15) is 5.75 Å². The molecule has 0 N–H and O–H groups in total. The Balaban J connectivity index is 1.92. The zero-order valence-corrected chi connectivity index (χ0v) is 11.2. The molecule has 1 amide bonds. The van der Waals surface area contributed by atoms with Crippen molar-refractivity contribution >= 4 is 5.91 Å². The van der Waals surface area contributed by atoms with E-state index in [1.807, 2.05) is 36.9 Å². The summed E-state index contributed by atoms with van der Waals surface area (Å²) in [5.41, 5.74) is 2.17. The lowest BCUT2D eigenvalue weighted by molar-refractivity contribution is -0.134. The normalized spacial score (nSPS) is 15.6. The van der Waals surface area contributed by atoms with Crippen LogP contribution < -0.4 is 4.74 Å². The zero-order valence-electron chi connectivity index (χ0n) is 11.2. The van der Waals surface area contributed by atoms with Crippen molar-refractivity contribution in [2.45, 2.75) is 33.1 Å². The average molecular weight is 247 g/mol. The Morgan fingerprint density at radius 3 is 2.39 bits per heavy atom. The fourth-order valence-electron chi connectivity index (χ4n) is 2.40. The number of rotatable bonds is 3. The lowest BCUT2D eigenvalue weighted by Gasteiger charge is -2.26. The molecule has 1 saturated heterocycles. The Hall–Kier alpha value is -1.51. The third-order valence-corrected chi connectivity index (χ3v) is 3.46. The first-order chi connectivity index (χ1) is 8.68. The third kappa shape index (κ3) is 3.03. The molecule has 0 unspecified atom stereocenters. The van der Waals surface area contributed by atoms with Crippen LogP contribution >= 0.6 is 0 Å². The molecule has 0 bridgehead atoms. The second kappa shape index (κ2) is 5.89. The summed E-state index contributed by atoms with van der Waals surface area (Å²) in [4.78, 5) is 13.9. The van der Waals surface area contributed by atoms with Gasteiger partial charge in [-0.25, -0.2) is 0 Å². The van der Waals surface area contributed by atoms with Gasteiger partial charge in [-0.15, -0.1) is 0 Å². The first-order valence-corrected chi connectivity index (χ1v) is 6.65. The molecule has 98 valence electrons. The van der Waals surface area contributed by atoms with Crippen molar-refractivity contribution in [1.29, 1.82) is 0 Å². The second-order valence-corrected chi connectivity index (χ2v) is 4.95. The van der Waals surface area contributed by atoms with Gasteiger partial charge in [0.2, 0.25) is 0 Å². The molecule has 1 aliphatic heterocycles. The predicted octanol–water partition coefficient (Wildman–Crippen LogP) is 2.69. The van der Waals surface area contributed by atoms with E-state index in [2.05, 4.69) is 0 Å². The zero-order chi connectivity index (χ0) is 13.0. The Labute approximate surface area is 109 Å².